The van der Waals surface area contributed by atoms with E-state index in [-0.39, 0.29) is 43.5 Å². The van der Waals surface area contributed by atoms with Gasteiger partial charge in [0.05, 0.1) is 12.6 Å². The van der Waals surface area contributed by atoms with Crippen LogP contribution in [-0.2, 0) is 14.4 Å². The standard InChI is InChI=1S/C20H35N5O5/c1-12(2)16(23-17(26)13(3)21-4)18(27)25-10-9-24(11-15(25)19(28)29)20(30)22-14-7-5-6-8-14/h12-16,21H,5-11H2,1-4H3,(H,22,30)(H,23,26)(H,28,29)/t13-,15-,16-/m0/s1. The van der Waals surface area contributed by atoms with Crippen LogP contribution in [0.25, 0.3) is 0 Å². The van der Waals surface area contributed by atoms with Crippen LogP contribution in [-0.4, -0.2) is 89.6 Å². The molecule has 1 aliphatic carbocycles. The summed E-state index contributed by atoms with van der Waals surface area (Å²) < 4.78 is 0. The molecule has 1 saturated heterocycles. The van der Waals surface area contributed by atoms with Crippen molar-refractivity contribution < 1.29 is 24.3 Å². The SMILES string of the molecule is CN[C@@H](C)C(=O)N[C@H](C(=O)N1CCN(C(=O)NC2CCCC2)C[C@H]1C(=O)O)C(C)C. The average Bonchev–Trinajstić information content (AvgIpc) is 3.22. The van der Waals surface area contributed by atoms with E-state index in [1.54, 1.807) is 27.8 Å². The zero-order chi connectivity index (χ0) is 22.4. The zero-order valence-corrected chi connectivity index (χ0v) is 18.3. The summed E-state index contributed by atoms with van der Waals surface area (Å²) in [7, 11) is 1.65. The Morgan fingerprint density at radius 1 is 1.03 bits per heavy atom. The fourth-order valence-corrected chi connectivity index (χ4v) is 3.88. The number of nitrogens with zero attached hydrogens (tertiary/aromatic N) is 2. The number of hydrogen-bond donors (Lipinski definition) is 4. The molecule has 0 bridgehead atoms. The molecule has 170 valence electrons. The second-order valence-electron chi connectivity index (χ2n) is 8.50. The number of piperazine rings is 1. The van der Waals surface area contributed by atoms with Gasteiger partial charge in [-0.05, 0) is 32.7 Å². The summed E-state index contributed by atoms with van der Waals surface area (Å²) in [5, 5.41) is 18.2. The van der Waals surface area contributed by atoms with Crippen molar-refractivity contribution in [2.45, 2.75) is 70.6 Å². The summed E-state index contributed by atoms with van der Waals surface area (Å²) in [5.74, 6) is -2.15. The smallest absolute Gasteiger partial charge is 0.328 e. The fourth-order valence-electron chi connectivity index (χ4n) is 3.88. The van der Waals surface area contributed by atoms with Gasteiger partial charge in [-0.25, -0.2) is 9.59 Å². The Hall–Kier alpha value is -2.36. The van der Waals surface area contributed by atoms with Gasteiger partial charge in [-0.3, -0.25) is 9.59 Å². The van der Waals surface area contributed by atoms with Crippen molar-refractivity contribution in [1.29, 1.82) is 0 Å². The minimum Gasteiger partial charge on any atom is -0.480 e. The van der Waals surface area contributed by atoms with E-state index < -0.39 is 30.0 Å². The number of amides is 4. The largest absolute Gasteiger partial charge is 0.480 e. The first-order chi connectivity index (χ1) is 14.1. The molecule has 3 atom stereocenters. The number of urea groups is 1. The van der Waals surface area contributed by atoms with Crippen LogP contribution >= 0.6 is 0 Å². The molecule has 2 rings (SSSR count). The molecule has 0 unspecified atom stereocenters. The number of carbonyl (C=O) groups excluding carboxylic acids is 3. The number of rotatable bonds is 7. The second-order valence-corrected chi connectivity index (χ2v) is 8.50. The summed E-state index contributed by atoms with van der Waals surface area (Å²) in [6, 6.07) is -2.62. The van der Waals surface area contributed by atoms with E-state index in [1.165, 1.54) is 9.80 Å². The van der Waals surface area contributed by atoms with Crippen LogP contribution in [0.3, 0.4) is 0 Å². The predicted molar refractivity (Wildman–Crippen MR) is 111 cm³/mol. The Morgan fingerprint density at radius 2 is 1.67 bits per heavy atom. The van der Waals surface area contributed by atoms with Crippen molar-refractivity contribution in [3.8, 4) is 0 Å². The van der Waals surface area contributed by atoms with E-state index in [0.717, 1.165) is 25.7 Å². The molecule has 10 nitrogen and oxygen atoms in total. The lowest BCUT2D eigenvalue weighted by atomic mass is 10.00. The van der Waals surface area contributed by atoms with E-state index in [9.17, 15) is 24.3 Å². The van der Waals surface area contributed by atoms with Crippen molar-refractivity contribution in [3.63, 3.8) is 0 Å². The van der Waals surface area contributed by atoms with E-state index in [0.29, 0.717) is 0 Å². The van der Waals surface area contributed by atoms with Crippen LogP contribution < -0.4 is 16.0 Å². The minimum atomic E-state index is -1.17. The Kier molecular flexibility index (Phi) is 8.45. The van der Waals surface area contributed by atoms with Crippen molar-refractivity contribution in [2.24, 2.45) is 5.92 Å². The number of likely N-dealkylation sites (N-methyl/N-ethyl adjacent to an activating group) is 1. The van der Waals surface area contributed by atoms with Gasteiger partial charge in [0.25, 0.3) is 0 Å². The lowest BCUT2D eigenvalue weighted by Gasteiger charge is -2.41. The number of carboxylic acid groups (broad SMARTS) is 1. The normalized spacial score (nSPS) is 22.0. The van der Waals surface area contributed by atoms with Gasteiger partial charge in [-0.2, -0.15) is 0 Å². The molecule has 4 N–H and O–H groups in total. The molecule has 30 heavy (non-hydrogen) atoms. The number of nitrogens with one attached hydrogen (secondary N) is 3. The van der Waals surface area contributed by atoms with Crippen LogP contribution in [0.1, 0.15) is 46.5 Å². The lowest BCUT2D eigenvalue weighted by molar-refractivity contribution is -0.154. The third-order valence-corrected chi connectivity index (χ3v) is 5.98. The maximum absolute atomic E-state index is 13.2. The molecule has 0 aromatic heterocycles. The molecule has 0 radical (unpaired) electrons. The van der Waals surface area contributed by atoms with Crippen molar-refractivity contribution in [1.82, 2.24) is 25.8 Å². The fraction of sp³-hybridized carbons (Fsp3) is 0.800. The molecule has 2 aliphatic rings. The van der Waals surface area contributed by atoms with Crippen molar-refractivity contribution in [3.05, 3.63) is 0 Å². The minimum absolute atomic E-state index is 0.0781. The maximum Gasteiger partial charge on any atom is 0.328 e. The monoisotopic (exact) mass is 425 g/mol. The van der Waals surface area contributed by atoms with Gasteiger partial charge in [-0.15, -0.1) is 0 Å². The molecule has 1 saturated carbocycles. The molecular formula is C20H35N5O5. The highest BCUT2D eigenvalue weighted by molar-refractivity contribution is 5.92. The Morgan fingerprint density at radius 3 is 2.20 bits per heavy atom. The first kappa shape index (κ1) is 23.9. The highest BCUT2D eigenvalue weighted by Crippen LogP contribution is 2.19. The summed E-state index contributed by atoms with van der Waals surface area (Å²) in [4.78, 5) is 52.6. The summed E-state index contributed by atoms with van der Waals surface area (Å²) in [6.45, 7) is 5.56. The Labute approximate surface area is 177 Å². The summed E-state index contributed by atoms with van der Waals surface area (Å²) >= 11 is 0. The van der Waals surface area contributed by atoms with Crippen LogP contribution in [0.2, 0.25) is 0 Å². The van der Waals surface area contributed by atoms with E-state index >= 15 is 0 Å². The van der Waals surface area contributed by atoms with Crippen LogP contribution in [0.4, 0.5) is 4.79 Å². The third-order valence-electron chi connectivity index (χ3n) is 5.98. The van der Waals surface area contributed by atoms with Gasteiger partial charge in [0.1, 0.15) is 12.1 Å². The first-order valence-corrected chi connectivity index (χ1v) is 10.7. The molecular weight excluding hydrogens is 390 g/mol. The van der Waals surface area contributed by atoms with E-state index in [4.69, 9.17) is 0 Å². The first-order valence-electron chi connectivity index (χ1n) is 10.7. The topological polar surface area (TPSA) is 131 Å². The summed E-state index contributed by atoms with van der Waals surface area (Å²) in [6.07, 6.45) is 4.04. The maximum atomic E-state index is 13.2. The van der Waals surface area contributed by atoms with Gasteiger partial charge < -0.3 is 30.9 Å². The Bertz CT molecular complexity index is 649. The Balaban J connectivity index is 2.07. The van der Waals surface area contributed by atoms with Crippen LogP contribution in [0.15, 0.2) is 0 Å². The molecule has 2 fully saturated rings. The zero-order valence-electron chi connectivity index (χ0n) is 18.3. The number of carboxylic acids is 1. The van der Waals surface area contributed by atoms with Crippen LogP contribution in [0.5, 0.6) is 0 Å². The molecule has 0 aromatic carbocycles. The molecule has 4 amide bonds. The summed E-state index contributed by atoms with van der Waals surface area (Å²) in [5.41, 5.74) is 0. The molecule has 0 aromatic rings. The number of hydrogen-bond acceptors (Lipinski definition) is 5. The average molecular weight is 426 g/mol. The molecule has 1 aliphatic heterocycles. The van der Waals surface area contributed by atoms with Gasteiger partial charge in [-0.1, -0.05) is 26.7 Å². The molecule has 0 spiro atoms. The number of carbonyl (C=O) groups is 4. The van der Waals surface area contributed by atoms with E-state index in [1.807, 2.05) is 0 Å². The van der Waals surface area contributed by atoms with Crippen LogP contribution in [0, 0.1) is 5.92 Å². The second kappa shape index (κ2) is 10.6. The van der Waals surface area contributed by atoms with Gasteiger partial charge in [0.15, 0.2) is 0 Å². The van der Waals surface area contributed by atoms with Crippen molar-refractivity contribution >= 4 is 23.8 Å². The van der Waals surface area contributed by atoms with E-state index in [2.05, 4.69) is 16.0 Å². The molecule has 10 heteroatoms. The van der Waals surface area contributed by atoms with Crippen molar-refractivity contribution in [2.75, 3.05) is 26.7 Å². The number of aliphatic carboxylic acids is 1. The highest BCUT2D eigenvalue weighted by Gasteiger charge is 2.41. The highest BCUT2D eigenvalue weighted by atomic mass is 16.4. The third kappa shape index (κ3) is 5.84. The van der Waals surface area contributed by atoms with Gasteiger partial charge >= 0.3 is 12.0 Å². The lowest BCUT2D eigenvalue weighted by Crippen LogP contribution is -2.65. The quantitative estimate of drug-likeness (QED) is 0.454. The van der Waals surface area contributed by atoms with Gasteiger partial charge in [0.2, 0.25) is 11.8 Å². The predicted octanol–water partition coefficient (Wildman–Crippen LogP) is -0.0153. The molecule has 1 heterocycles. The van der Waals surface area contributed by atoms with Gasteiger partial charge in [0, 0.05) is 19.1 Å².